The number of ketones is 1. The lowest BCUT2D eigenvalue weighted by molar-refractivity contribution is -0.105. The lowest BCUT2D eigenvalue weighted by atomic mass is 9.95. The maximum absolute atomic E-state index is 12.4. The fourth-order valence-electron chi connectivity index (χ4n) is 3.21. The van der Waals surface area contributed by atoms with Crippen LogP contribution in [0.5, 0.6) is 0 Å². The molecule has 0 unspecified atom stereocenters. The molecule has 0 atom stereocenters. The predicted molar refractivity (Wildman–Crippen MR) is 77.6 cm³/mol. The number of rotatable bonds is 3. The number of allylic oxidation sites excluding steroid dienone is 2. The van der Waals surface area contributed by atoms with Crippen LogP contribution in [0.15, 0.2) is 35.5 Å². The Bertz CT molecular complexity index is 568. The van der Waals surface area contributed by atoms with Gasteiger partial charge in [0.2, 0.25) is 0 Å². The standard InChI is InChI=1S/C17H19NO2/c19-11-16(18-13-7-2-1-3-8-13)15-10-12-6-4-5-9-14(12)17(15)20/h4-6,9,11,13,18H,1-3,7-8,10H2/b16-15-. The molecule has 0 heterocycles. The van der Waals surface area contributed by atoms with Gasteiger partial charge in [-0.2, -0.15) is 0 Å². The molecule has 0 aliphatic heterocycles. The summed E-state index contributed by atoms with van der Waals surface area (Å²) < 4.78 is 0. The topological polar surface area (TPSA) is 46.2 Å². The molecule has 1 fully saturated rings. The minimum absolute atomic E-state index is 0.00556. The number of carbonyl (C=O) groups is 2. The van der Waals surface area contributed by atoms with Crippen LogP contribution in [0.1, 0.15) is 48.0 Å². The first-order valence-electron chi connectivity index (χ1n) is 7.37. The molecule has 1 N–H and O–H groups in total. The molecule has 0 amide bonds. The van der Waals surface area contributed by atoms with Crippen molar-refractivity contribution in [2.24, 2.45) is 0 Å². The predicted octanol–water partition coefficient (Wildman–Crippen LogP) is 2.80. The van der Waals surface area contributed by atoms with Gasteiger partial charge in [-0.15, -0.1) is 0 Å². The summed E-state index contributed by atoms with van der Waals surface area (Å²) in [6.07, 6.45) is 7.24. The number of benzene rings is 1. The quantitative estimate of drug-likeness (QED) is 0.678. The fourth-order valence-corrected chi connectivity index (χ4v) is 3.21. The largest absolute Gasteiger partial charge is 0.379 e. The Labute approximate surface area is 119 Å². The molecule has 1 aromatic rings. The first kappa shape index (κ1) is 13.1. The van der Waals surface area contributed by atoms with Crippen molar-refractivity contribution in [2.75, 3.05) is 0 Å². The van der Waals surface area contributed by atoms with Crippen molar-refractivity contribution < 1.29 is 9.59 Å². The van der Waals surface area contributed by atoms with E-state index in [0.29, 0.717) is 23.7 Å². The smallest absolute Gasteiger partial charge is 0.191 e. The molecule has 3 rings (SSSR count). The molecule has 3 nitrogen and oxygen atoms in total. The van der Waals surface area contributed by atoms with Crippen LogP contribution in [0.4, 0.5) is 0 Å². The number of carbonyl (C=O) groups excluding carboxylic acids is 2. The number of hydrogen-bond donors (Lipinski definition) is 1. The Hall–Kier alpha value is -1.90. The highest BCUT2D eigenvalue weighted by Gasteiger charge is 2.28. The Morgan fingerprint density at radius 1 is 1.15 bits per heavy atom. The second-order valence-corrected chi connectivity index (χ2v) is 5.65. The van der Waals surface area contributed by atoms with Crippen LogP contribution in [0.3, 0.4) is 0 Å². The molecule has 0 bridgehead atoms. The van der Waals surface area contributed by atoms with Crippen LogP contribution in [0.25, 0.3) is 0 Å². The summed E-state index contributed by atoms with van der Waals surface area (Å²) in [5.41, 5.74) is 2.90. The van der Waals surface area contributed by atoms with E-state index in [1.807, 2.05) is 24.3 Å². The average Bonchev–Trinajstić information content (AvgIpc) is 2.83. The van der Waals surface area contributed by atoms with Gasteiger partial charge in [-0.25, -0.2) is 0 Å². The van der Waals surface area contributed by atoms with Gasteiger partial charge in [0, 0.05) is 23.6 Å². The van der Waals surface area contributed by atoms with E-state index in [1.165, 1.54) is 19.3 Å². The van der Waals surface area contributed by atoms with E-state index in [4.69, 9.17) is 0 Å². The highest BCUT2D eigenvalue weighted by molar-refractivity contribution is 6.15. The Kier molecular flexibility index (Phi) is 3.68. The second kappa shape index (κ2) is 5.61. The van der Waals surface area contributed by atoms with Gasteiger partial charge in [-0.3, -0.25) is 9.59 Å². The van der Waals surface area contributed by atoms with Crippen LogP contribution in [0, 0.1) is 0 Å². The molecule has 104 valence electrons. The van der Waals surface area contributed by atoms with Gasteiger partial charge >= 0.3 is 0 Å². The van der Waals surface area contributed by atoms with Crippen LogP contribution >= 0.6 is 0 Å². The normalized spacial score (nSPS) is 21.5. The van der Waals surface area contributed by atoms with Gasteiger partial charge in [0.1, 0.15) is 0 Å². The molecular formula is C17H19NO2. The summed E-state index contributed by atoms with van der Waals surface area (Å²) in [7, 11) is 0. The van der Waals surface area contributed by atoms with Crippen LogP contribution in [-0.2, 0) is 11.2 Å². The van der Waals surface area contributed by atoms with Gasteiger partial charge in [-0.05, 0) is 18.4 Å². The van der Waals surface area contributed by atoms with Crippen LogP contribution in [0.2, 0.25) is 0 Å². The first-order valence-corrected chi connectivity index (χ1v) is 7.37. The van der Waals surface area contributed by atoms with Gasteiger partial charge in [0.05, 0.1) is 5.70 Å². The maximum atomic E-state index is 12.4. The summed E-state index contributed by atoms with van der Waals surface area (Å²) in [6.45, 7) is 0. The monoisotopic (exact) mass is 269 g/mol. The number of Topliss-reactive ketones (excluding diaryl/α,β-unsaturated/α-hetero) is 1. The Morgan fingerprint density at radius 2 is 1.90 bits per heavy atom. The highest BCUT2D eigenvalue weighted by Crippen LogP contribution is 2.28. The molecule has 0 spiro atoms. The van der Waals surface area contributed by atoms with E-state index in [9.17, 15) is 9.59 Å². The highest BCUT2D eigenvalue weighted by atomic mass is 16.1. The summed E-state index contributed by atoms with van der Waals surface area (Å²) in [5.74, 6) is 0.00556. The second-order valence-electron chi connectivity index (χ2n) is 5.65. The van der Waals surface area contributed by atoms with Crippen molar-refractivity contribution >= 4 is 12.1 Å². The van der Waals surface area contributed by atoms with E-state index in [1.54, 1.807) is 0 Å². The summed E-state index contributed by atoms with van der Waals surface area (Å²) in [6, 6.07) is 7.95. The van der Waals surface area contributed by atoms with Crippen molar-refractivity contribution in [1.29, 1.82) is 0 Å². The zero-order valence-electron chi connectivity index (χ0n) is 11.5. The van der Waals surface area contributed by atoms with Gasteiger partial charge in [-0.1, -0.05) is 43.5 Å². The molecule has 0 saturated heterocycles. The van der Waals surface area contributed by atoms with Crippen molar-refractivity contribution in [1.82, 2.24) is 5.32 Å². The number of aldehydes is 1. The molecule has 3 heteroatoms. The minimum atomic E-state index is 0.00556. The Balaban J connectivity index is 1.85. The SMILES string of the molecule is O=C/C(NC1CCCCC1)=C1\Cc2ccccc2C1=O. The van der Waals surface area contributed by atoms with E-state index in [0.717, 1.165) is 30.3 Å². The fraction of sp³-hybridized carbons (Fsp3) is 0.412. The third-order valence-electron chi connectivity index (χ3n) is 4.31. The van der Waals surface area contributed by atoms with Crippen LogP contribution < -0.4 is 5.32 Å². The van der Waals surface area contributed by atoms with E-state index in [2.05, 4.69) is 5.32 Å². The third-order valence-corrected chi connectivity index (χ3v) is 4.31. The molecule has 0 radical (unpaired) electrons. The van der Waals surface area contributed by atoms with Crippen molar-refractivity contribution in [3.8, 4) is 0 Å². The zero-order valence-corrected chi connectivity index (χ0v) is 11.5. The molecule has 1 aromatic carbocycles. The van der Waals surface area contributed by atoms with E-state index in [-0.39, 0.29) is 5.78 Å². The molecule has 1 saturated carbocycles. The lowest BCUT2D eigenvalue weighted by Crippen LogP contribution is -2.32. The number of hydrogen-bond acceptors (Lipinski definition) is 3. The zero-order chi connectivity index (χ0) is 13.9. The molecule has 20 heavy (non-hydrogen) atoms. The van der Waals surface area contributed by atoms with Crippen molar-refractivity contribution in [3.63, 3.8) is 0 Å². The Morgan fingerprint density at radius 3 is 2.60 bits per heavy atom. The molecule has 2 aliphatic carbocycles. The van der Waals surface area contributed by atoms with Crippen LogP contribution in [-0.4, -0.2) is 18.1 Å². The summed E-state index contributed by atoms with van der Waals surface area (Å²) in [5, 5.41) is 3.30. The summed E-state index contributed by atoms with van der Waals surface area (Å²) >= 11 is 0. The average molecular weight is 269 g/mol. The lowest BCUT2D eigenvalue weighted by Gasteiger charge is -2.24. The van der Waals surface area contributed by atoms with Crippen molar-refractivity contribution in [2.45, 2.75) is 44.6 Å². The van der Waals surface area contributed by atoms with Gasteiger partial charge < -0.3 is 5.32 Å². The molecule has 2 aliphatic rings. The first-order chi connectivity index (χ1) is 9.79. The van der Waals surface area contributed by atoms with Crippen molar-refractivity contribution in [3.05, 3.63) is 46.7 Å². The molecular weight excluding hydrogens is 250 g/mol. The van der Waals surface area contributed by atoms with Gasteiger partial charge in [0.15, 0.2) is 12.1 Å². The number of nitrogens with one attached hydrogen (secondary N) is 1. The maximum Gasteiger partial charge on any atom is 0.191 e. The number of fused-ring (bicyclic) bond motifs is 1. The summed E-state index contributed by atoms with van der Waals surface area (Å²) in [4.78, 5) is 23.8. The third kappa shape index (κ3) is 2.40. The molecule has 0 aromatic heterocycles. The minimum Gasteiger partial charge on any atom is -0.379 e. The van der Waals surface area contributed by atoms with E-state index < -0.39 is 0 Å². The van der Waals surface area contributed by atoms with E-state index >= 15 is 0 Å². The van der Waals surface area contributed by atoms with Gasteiger partial charge in [0.25, 0.3) is 0 Å².